The molecule has 0 aliphatic carbocycles. The van der Waals surface area contributed by atoms with Crippen molar-refractivity contribution in [3.8, 4) is 0 Å². The number of Topliss-reactive ketones (excluding diaryl/α,β-unsaturated/α-hetero) is 1. The third kappa shape index (κ3) is 2.90. The van der Waals surface area contributed by atoms with Crippen LogP contribution in [0.3, 0.4) is 0 Å². The molecular formula is C8H8N2O3. The normalized spacial score (nSPS) is 9.23. The lowest BCUT2D eigenvalue weighted by Gasteiger charge is -1.99. The van der Waals surface area contributed by atoms with Crippen LogP contribution in [0, 0.1) is 0 Å². The van der Waals surface area contributed by atoms with E-state index in [0.717, 1.165) is 0 Å². The topological polar surface area (TPSA) is 79.3 Å². The standard InChI is InChI=1S/C8H8N2O3/c11-7(5-10-8(12)13)6-1-3-9-4-2-6/h1-4,10H,5H2,(H,12,13). The van der Waals surface area contributed by atoms with E-state index in [1.54, 1.807) is 0 Å². The zero-order valence-electron chi connectivity index (χ0n) is 6.73. The molecule has 1 aromatic heterocycles. The summed E-state index contributed by atoms with van der Waals surface area (Å²) in [5.74, 6) is -0.273. The zero-order valence-corrected chi connectivity index (χ0v) is 6.73. The van der Waals surface area contributed by atoms with Gasteiger partial charge in [0.1, 0.15) is 0 Å². The largest absolute Gasteiger partial charge is 0.465 e. The first-order valence-corrected chi connectivity index (χ1v) is 3.60. The molecule has 0 spiro atoms. The Morgan fingerprint density at radius 2 is 2.00 bits per heavy atom. The van der Waals surface area contributed by atoms with Gasteiger partial charge in [-0.1, -0.05) is 0 Å². The average molecular weight is 180 g/mol. The number of carbonyl (C=O) groups excluding carboxylic acids is 1. The molecule has 13 heavy (non-hydrogen) atoms. The van der Waals surface area contributed by atoms with Crippen LogP contribution >= 0.6 is 0 Å². The summed E-state index contributed by atoms with van der Waals surface area (Å²) in [6.45, 7) is -0.209. The number of pyridine rings is 1. The van der Waals surface area contributed by atoms with E-state index in [1.807, 2.05) is 5.32 Å². The van der Waals surface area contributed by atoms with E-state index in [0.29, 0.717) is 5.56 Å². The van der Waals surface area contributed by atoms with Crippen molar-refractivity contribution in [2.75, 3.05) is 6.54 Å². The van der Waals surface area contributed by atoms with Crippen molar-refractivity contribution in [2.45, 2.75) is 0 Å². The van der Waals surface area contributed by atoms with Gasteiger partial charge in [-0.15, -0.1) is 0 Å². The Balaban J connectivity index is 2.54. The first kappa shape index (κ1) is 9.18. The van der Waals surface area contributed by atoms with E-state index in [1.165, 1.54) is 24.5 Å². The molecule has 0 aliphatic heterocycles. The van der Waals surface area contributed by atoms with Crippen LogP contribution in [-0.4, -0.2) is 28.5 Å². The summed E-state index contributed by atoms with van der Waals surface area (Å²) in [4.78, 5) is 25.0. The van der Waals surface area contributed by atoms with Gasteiger partial charge in [-0.25, -0.2) is 4.79 Å². The Labute approximate surface area is 74.4 Å². The van der Waals surface area contributed by atoms with Crippen molar-refractivity contribution in [3.63, 3.8) is 0 Å². The van der Waals surface area contributed by atoms with Crippen LogP contribution < -0.4 is 5.32 Å². The van der Waals surface area contributed by atoms with Crippen LogP contribution in [0.5, 0.6) is 0 Å². The van der Waals surface area contributed by atoms with Gasteiger partial charge in [-0.2, -0.15) is 0 Å². The van der Waals surface area contributed by atoms with Gasteiger partial charge in [-0.05, 0) is 12.1 Å². The summed E-state index contributed by atoms with van der Waals surface area (Å²) >= 11 is 0. The van der Waals surface area contributed by atoms with Crippen LogP contribution in [0.2, 0.25) is 0 Å². The zero-order chi connectivity index (χ0) is 9.68. The predicted molar refractivity (Wildman–Crippen MR) is 44.6 cm³/mol. The molecule has 0 fully saturated rings. The van der Waals surface area contributed by atoms with Gasteiger partial charge >= 0.3 is 6.09 Å². The van der Waals surface area contributed by atoms with E-state index in [9.17, 15) is 9.59 Å². The summed E-state index contributed by atoms with van der Waals surface area (Å²) in [7, 11) is 0. The van der Waals surface area contributed by atoms with Gasteiger partial charge in [0.2, 0.25) is 0 Å². The van der Waals surface area contributed by atoms with Gasteiger partial charge in [0.05, 0.1) is 6.54 Å². The maximum Gasteiger partial charge on any atom is 0.405 e. The first-order chi connectivity index (χ1) is 6.20. The van der Waals surface area contributed by atoms with E-state index >= 15 is 0 Å². The van der Waals surface area contributed by atoms with Gasteiger partial charge in [-0.3, -0.25) is 9.78 Å². The van der Waals surface area contributed by atoms with Crippen LogP contribution in [-0.2, 0) is 0 Å². The van der Waals surface area contributed by atoms with Gasteiger partial charge in [0, 0.05) is 18.0 Å². The molecule has 1 aromatic rings. The molecule has 0 unspecified atom stereocenters. The van der Waals surface area contributed by atoms with Crippen LogP contribution in [0.4, 0.5) is 4.79 Å². The molecule has 1 amide bonds. The second-order valence-corrected chi connectivity index (χ2v) is 2.32. The summed E-state index contributed by atoms with van der Waals surface area (Å²) < 4.78 is 0. The Kier molecular flexibility index (Phi) is 2.97. The summed E-state index contributed by atoms with van der Waals surface area (Å²) in [5.41, 5.74) is 0.448. The summed E-state index contributed by atoms with van der Waals surface area (Å²) in [6, 6.07) is 3.07. The first-order valence-electron chi connectivity index (χ1n) is 3.60. The molecular weight excluding hydrogens is 172 g/mol. The second kappa shape index (κ2) is 4.20. The number of ketones is 1. The monoisotopic (exact) mass is 180 g/mol. The molecule has 68 valence electrons. The van der Waals surface area contributed by atoms with E-state index in [-0.39, 0.29) is 12.3 Å². The number of nitrogens with one attached hydrogen (secondary N) is 1. The lowest BCUT2D eigenvalue weighted by molar-refractivity contribution is 0.0987. The Bertz CT molecular complexity index is 310. The molecule has 1 rings (SSSR count). The molecule has 0 aromatic carbocycles. The minimum atomic E-state index is -1.21. The molecule has 0 atom stereocenters. The number of hydrogen-bond donors (Lipinski definition) is 2. The minimum Gasteiger partial charge on any atom is -0.465 e. The maximum absolute atomic E-state index is 11.2. The molecule has 0 radical (unpaired) electrons. The number of rotatable bonds is 3. The third-order valence-electron chi connectivity index (χ3n) is 1.40. The van der Waals surface area contributed by atoms with Crippen molar-refractivity contribution in [2.24, 2.45) is 0 Å². The van der Waals surface area contributed by atoms with Crippen LogP contribution in [0.25, 0.3) is 0 Å². The number of carbonyl (C=O) groups is 2. The van der Waals surface area contributed by atoms with E-state index in [2.05, 4.69) is 4.98 Å². The molecule has 0 bridgehead atoms. The fraction of sp³-hybridized carbons (Fsp3) is 0.125. The van der Waals surface area contributed by atoms with Crippen molar-refractivity contribution >= 4 is 11.9 Å². The molecule has 1 heterocycles. The molecule has 0 saturated carbocycles. The fourth-order valence-electron chi connectivity index (χ4n) is 0.796. The smallest absolute Gasteiger partial charge is 0.405 e. The highest BCUT2D eigenvalue weighted by molar-refractivity contribution is 5.98. The number of aromatic nitrogens is 1. The number of hydrogen-bond acceptors (Lipinski definition) is 3. The number of nitrogens with zero attached hydrogens (tertiary/aromatic N) is 1. The molecule has 5 nitrogen and oxygen atoms in total. The van der Waals surface area contributed by atoms with Gasteiger partial charge in [0.15, 0.2) is 5.78 Å². The van der Waals surface area contributed by atoms with Crippen molar-refractivity contribution in [3.05, 3.63) is 30.1 Å². The van der Waals surface area contributed by atoms with Crippen molar-refractivity contribution in [1.29, 1.82) is 0 Å². The van der Waals surface area contributed by atoms with Gasteiger partial charge < -0.3 is 10.4 Å². The predicted octanol–water partition coefficient (Wildman–Crippen LogP) is 0.532. The quantitative estimate of drug-likeness (QED) is 0.665. The van der Waals surface area contributed by atoms with Crippen molar-refractivity contribution < 1.29 is 14.7 Å². The molecule has 5 heteroatoms. The molecule has 2 N–H and O–H groups in total. The maximum atomic E-state index is 11.2. The average Bonchev–Trinajstić information content (AvgIpc) is 2.15. The Hall–Kier alpha value is -1.91. The lowest BCUT2D eigenvalue weighted by Crippen LogP contribution is -2.27. The van der Waals surface area contributed by atoms with Gasteiger partial charge in [0.25, 0.3) is 0 Å². The molecule has 0 saturated heterocycles. The van der Waals surface area contributed by atoms with Crippen LogP contribution in [0.1, 0.15) is 10.4 Å². The van der Waals surface area contributed by atoms with Crippen LogP contribution in [0.15, 0.2) is 24.5 Å². The third-order valence-corrected chi connectivity index (χ3v) is 1.40. The highest BCUT2D eigenvalue weighted by atomic mass is 16.4. The summed E-state index contributed by atoms with van der Waals surface area (Å²) in [6.07, 6.45) is 1.75. The molecule has 0 aliphatic rings. The van der Waals surface area contributed by atoms with Crippen molar-refractivity contribution in [1.82, 2.24) is 10.3 Å². The van der Waals surface area contributed by atoms with E-state index in [4.69, 9.17) is 5.11 Å². The SMILES string of the molecule is O=C(O)NCC(=O)c1ccncc1. The minimum absolute atomic E-state index is 0.209. The number of carboxylic acid groups (broad SMARTS) is 1. The Morgan fingerprint density at radius 1 is 1.38 bits per heavy atom. The Morgan fingerprint density at radius 3 is 2.54 bits per heavy atom. The second-order valence-electron chi connectivity index (χ2n) is 2.32. The van der Waals surface area contributed by atoms with E-state index < -0.39 is 6.09 Å². The lowest BCUT2D eigenvalue weighted by atomic mass is 10.2. The highest BCUT2D eigenvalue weighted by Gasteiger charge is 2.05. The highest BCUT2D eigenvalue weighted by Crippen LogP contribution is 1.96. The fourth-order valence-corrected chi connectivity index (χ4v) is 0.796. The summed E-state index contributed by atoms with van der Waals surface area (Å²) in [5, 5.41) is 10.2. The number of amides is 1.